The van der Waals surface area contributed by atoms with Crippen LogP contribution in [-0.4, -0.2) is 36.5 Å². The maximum atomic E-state index is 11.8. The van der Waals surface area contributed by atoms with E-state index in [-0.39, 0.29) is 5.91 Å². The van der Waals surface area contributed by atoms with Crippen molar-refractivity contribution < 1.29 is 4.79 Å². The van der Waals surface area contributed by atoms with Crippen molar-refractivity contribution in [3.8, 4) is 0 Å². The normalized spacial score (nSPS) is 13.9. The summed E-state index contributed by atoms with van der Waals surface area (Å²) in [5, 5.41) is 3.35. The van der Waals surface area contributed by atoms with Crippen molar-refractivity contribution in [2.45, 2.75) is 52.1 Å². The van der Waals surface area contributed by atoms with Crippen LogP contribution >= 0.6 is 0 Å². The lowest BCUT2D eigenvalue weighted by molar-refractivity contribution is -0.134. The first-order valence-corrected chi connectivity index (χ1v) is 5.30. The molecule has 0 saturated heterocycles. The van der Waals surface area contributed by atoms with Gasteiger partial charge in [-0.25, -0.2) is 0 Å². The second-order valence-electron chi connectivity index (χ2n) is 4.66. The van der Waals surface area contributed by atoms with E-state index in [1.165, 1.54) is 0 Å². The minimum absolute atomic E-state index is 0.125. The Labute approximate surface area is 87.9 Å². The van der Waals surface area contributed by atoms with E-state index in [1.54, 1.807) is 19.0 Å². The van der Waals surface area contributed by atoms with Gasteiger partial charge in [0.1, 0.15) is 0 Å². The average Bonchev–Trinajstić information content (AvgIpc) is 2.02. The third kappa shape index (κ3) is 4.09. The number of rotatable bonds is 5. The van der Waals surface area contributed by atoms with Crippen molar-refractivity contribution in [2.24, 2.45) is 0 Å². The van der Waals surface area contributed by atoms with E-state index in [1.807, 2.05) is 13.8 Å². The first-order valence-electron chi connectivity index (χ1n) is 5.30. The molecule has 0 aromatic heterocycles. The Kier molecular flexibility index (Phi) is 5.13. The van der Waals surface area contributed by atoms with Gasteiger partial charge in [-0.05, 0) is 27.2 Å². The molecular weight excluding hydrogens is 176 g/mol. The van der Waals surface area contributed by atoms with Crippen LogP contribution in [0.25, 0.3) is 0 Å². The molecule has 0 spiro atoms. The van der Waals surface area contributed by atoms with Crippen LogP contribution in [-0.2, 0) is 4.79 Å². The number of nitrogens with zero attached hydrogens (tertiary/aromatic N) is 1. The molecule has 1 unspecified atom stereocenters. The maximum Gasteiger partial charge on any atom is 0.241 e. The largest absolute Gasteiger partial charge is 0.347 e. The van der Waals surface area contributed by atoms with Gasteiger partial charge in [0.15, 0.2) is 0 Å². The minimum atomic E-state index is -0.460. The summed E-state index contributed by atoms with van der Waals surface area (Å²) in [5.74, 6) is 0.125. The predicted molar refractivity (Wildman–Crippen MR) is 60.3 cm³/mol. The monoisotopic (exact) mass is 200 g/mol. The summed E-state index contributed by atoms with van der Waals surface area (Å²) < 4.78 is 0. The Bertz CT molecular complexity index is 188. The first-order chi connectivity index (χ1) is 6.31. The lowest BCUT2D eigenvalue weighted by Crippen LogP contribution is -2.54. The maximum absolute atomic E-state index is 11.8. The van der Waals surface area contributed by atoms with Crippen LogP contribution in [0.4, 0.5) is 0 Å². The van der Waals surface area contributed by atoms with Crippen LogP contribution in [0.15, 0.2) is 0 Å². The standard InChI is InChI=1S/C11H24N2O/c1-7-8-9(2)12-11(3,4)10(14)13(5)6/h9,12H,7-8H2,1-6H3. The van der Waals surface area contributed by atoms with Gasteiger partial charge in [0.25, 0.3) is 0 Å². The van der Waals surface area contributed by atoms with Gasteiger partial charge in [0, 0.05) is 20.1 Å². The zero-order valence-electron chi connectivity index (χ0n) is 10.3. The molecule has 0 rings (SSSR count). The highest BCUT2D eigenvalue weighted by Gasteiger charge is 2.29. The summed E-state index contributed by atoms with van der Waals surface area (Å²) in [6.07, 6.45) is 2.24. The van der Waals surface area contributed by atoms with Gasteiger partial charge >= 0.3 is 0 Å². The molecule has 14 heavy (non-hydrogen) atoms. The quantitative estimate of drug-likeness (QED) is 0.731. The van der Waals surface area contributed by atoms with E-state index >= 15 is 0 Å². The third-order valence-corrected chi connectivity index (χ3v) is 2.27. The first kappa shape index (κ1) is 13.4. The molecule has 1 N–H and O–H groups in total. The lowest BCUT2D eigenvalue weighted by atomic mass is 10.0. The highest BCUT2D eigenvalue weighted by molar-refractivity contribution is 5.85. The molecule has 0 saturated carbocycles. The summed E-state index contributed by atoms with van der Waals surface area (Å²) in [6.45, 7) is 8.14. The van der Waals surface area contributed by atoms with Crippen molar-refractivity contribution in [1.29, 1.82) is 0 Å². The Hall–Kier alpha value is -0.570. The van der Waals surface area contributed by atoms with E-state index in [2.05, 4.69) is 19.2 Å². The summed E-state index contributed by atoms with van der Waals surface area (Å²) in [7, 11) is 3.58. The van der Waals surface area contributed by atoms with Gasteiger partial charge in [-0.3, -0.25) is 4.79 Å². The minimum Gasteiger partial charge on any atom is -0.347 e. The zero-order valence-corrected chi connectivity index (χ0v) is 10.3. The molecule has 3 nitrogen and oxygen atoms in total. The molecule has 0 fully saturated rings. The van der Waals surface area contributed by atoms with Gasteiger partial charge in [0.05, 0.1) is 5.54 Å². The van der Waals surface area contributed by atoms with E-state index in [0.29, 0.717) is 6.04 Å². The molecule has 1 amide bonds. The molecule has 0 aromatic carbocycles. The number of likely N-dealkylation sites (N-methyl/N-ethyl adjacent to an activating group) is 1. The van der Waals surface area contributed by atoms with Crippen molar-refractivity contribution >= 4 is 5.91 Å². The highest BCUT2D eigenvalue weighted by atomic mass is 16.2. The number of nitrogens with one attached hydrogen (secondary N) is 1. The fraction of sp³-hybridized carbons (Fsp3) is 0.909. The van der Waals surface area contributed by atoms with E-state index < -0.39 is 5.54 Å². The second-order valence-corrected chi connectivity index (χ2v) is 4.66. The topological polar surface area (TPSA) is 32.3 Å². The SMILES string of the molecule is CCCC(C)NC(C)(C)C(=O)N(C)C. The van der Waals surface area contributed by atoms with Crippen LogP contribution < -0.4 is 5.32 Å². The molecule has 1 atom stereocenters. The smallest absolute Gasteiger partial charge is 0.241 e. The van der Waals surface area contributed by atoms with Gasteiger partial charge in [-0.2, -0.15) is 0 Å². The molecule has 0 aliphatic heterocycles. The summed E-state index contributed by atoms with van der Waals surface area (Å²) in [4.78, 5) is 13.4. The number of hydrogen-bond donors (Lipinski definition) is 1. The Morgan fingerprint density at radius 2 is 1.93 bits per heavy atom. The van der Waals surface area contributed by atoms with Crippen molar-refractivity contribution in [1.82, 2.24) is 10.2 Å². The molecular formula is C11H24N2O. The molecule has 3 heteroatoms. The molecule has 0 radical (unpaired) electrons. The number of carbonyl (C=O) groups excluding carboxylic acids is 1. The molecule has 84 valence electrons. The molecule has 0 aliphatic rings. The lowest BCUT2D eigenvalue weighted by Gasteiger charge is -2.31. The van der Waals surface area contributed by atoms with E-state index in [4.69, 9.17) is 0 Å². The Morgan fingerprint density at radius 1 is 1.43 bits per heavy atom. The zero-order chi connectivity index (χ0) is 11.4. The Balaban J connectivity index is 4.25. The van der Waals surface area contributed by atoms with Gasteiger partial charge < -0.3 is 10.2 Å². The summed E-state index contributed by atoms with van der Waals surface area (Å²) in [6, 6.07) is 0.388. The van der Waals surface area contributed by atoms with Crippen LogP contribution in [0.5, 0.6) is 0 Å². The fourth-order valence-electron chi connectivity index (χ4n) is 1.74. The van der Waals surface area contributed by atoms with Crippen LogP contribution in [0, 0.1) is 0 Å². The number of carbonyl (C=O) groups is 1. The number of amides is 1. The van der Waals surface area contributed by atoms with Crippen molar-refractivity contribution in [3.05, 3.63) is 0 Å². The average molecular weight is 200 g/mol. The van der Waals surface area contributed by atoms with Gasteiger partial charge in [0.2, 0.25) is 5.91 Å². The van der Waals surface area contributed by atoms with Gasteiger partial charge in [-0.15, -0.1) is 0 Å². The Morgan fingerprint density at radius 3 is 2.29 bits per heavy atom. The fourth-order valence-corrected chi connectivity index (χ4v) is 1.74. The predicted octanol–water partition coefficient (Wildman–Crippen LogP) is 1.63. The van der Waals surface area contributed by atoms with Gasteiger partial charge in [-0.1, -0.05) is 13.3 Å². The molecule has 0 aromatic rings. The van der Waals surface area contributed by atoms with E-state index in [0.717, 1.165) is 12.8 Å². The van der Waals surface area contributed by atoms with Crippen LogP contribution in [0.1, 0.15) is 40.5 Å². The third-order valence-electron chi connectivity index (χ3n) is 2.27. The molecule has 0 heterocycles. The highest BCUT2D eigenvalue weighted by Crippen LogP contribution is 2.09. The van der Waals surface area contributed by atoms with Crippen LogP contribution in [0.3, 0.4) is 0 Å². The van der Waals surface area contributed by atoms with Crippen molar-refractivity contribution in [2.75, 3.05) is 14.1 Å². The summed E-state index contributed by atoms with van der Waals surface area (Å²) in [5.41, 5.74) is -0.460. The molecule has 0 aliphatic carbocycles. The number of hydrogen-bond acceptors (Lipinski definition) is 2. The van der Waals surface area contributed by atoms with Crippen LogP contribution in [0.2, 0.25) is 0 Å². The van der Waals surface area contributed by atoms with Crippen molar-refractivity contribution in [3.63, 3.8) is 0 Å². The summed E-state index contributed by atoms with van der Waals surface area (Å²) >= 11 is 0. The second kappa shape index (κ2) is 5.35. The van der Waals surface area contributed by atoms with E-state index in [9.17, 15) is 4.79 Å². The molecule has 0 bridgehead atoms.